The van der Waals surface area contributed by atoms with E-state index in [4.69, 9.17) is 4.84 Å². The zero-order valence-corrected chi connectivity index (χ0v) is 17.2. The van der Waals surface area contributed by atoms with Crippen LogP contribution in [0.5, 0.6) is 0 Å². The van der Waals surface area contributed by atoms with Crippen molar-refractivity contribution in [2.45, 2.75) is 44.8 Å². The minimum Gasteiger partial charge on any atom is -0.382 e. The Morgan fingerprint density at radius 2 is 1.80 bits per heavy atom. The summed E-state index contributed by atoms with van der Waals surface area (Å²) < 4.78 is 0. The van der Waals surface area contributed by atoms with Crippen LogP contribution in [0.3, 0.4) is 0 Å². The molecule has 4 rings (SSSR count). The Bertz CT molecular complexity index is 936. The number of hydrogen-bond acceptors (Lipinski definition) is 4. The number of carbonyl (C=O) groups is 2. The van der Waals surface area contributed by atoms with Gasteiger partial charge in [0.25, 0.3) is 5.91 Å². The SMILES string of the molecule is Cc1ccccc1C1=NO[C@H](C(=O)N[C@H](Cc2ccccc2)C(=O)N2CCCC2)C1. The maximum absolute atomic E-state index is 13.1. The van der Waals surface area contributed by atoms with Crippen LogP contribution >= 0.6 is 0 Å². The average molecular weight is 405 g/mol. The molecule has 0 bridgehead atoms. The number of oxime groups is 1. The number of nitrogens with one attached hydrogen (secondary N) is 1. The van der Waals surface area contributed by atoms with Gasteiger partial charge in [0.1, 0.15) is 6.04 Å². The van der Waals surface area contributed by atoms with Crippen LogP contribution in [0.4, 0.5) is 0 Å². The normalized spacial score (nSPS) is 19.2. The topological polar surface area (TPSA) is 71.0 Å². The molecule has 30 heavy (non-hydrogen) atoms. The summed E-state index contributed by atoms with van der Waals surface area (Å²) in [6.07, 6.45) is 2.16. The van der Waals surface area contributed by atoms with Crippen LogP contribution in [0.15, 0.2) is 59.8 Å². The first-order valence-electron chi connectivity index (χ1n) is 10.5. The summed E-state index contributed by atoms with van der Waals surface area (Å²) in [5.41, 5.74) is 3.85. The van der Waals surface area contributed by atoms with E-state index in [0.29, 0.717) is 12.8 Å². The van der Waals surface area contributed by atoms with Gasteiger partial charge in [-0.25, -0.2) is 0 Å². The lowest BCUT2D eigenvalue weighted by Crippen LogP contribution is -2.51. The second kappa shape index (κ2) is 9.11. The van der Waals surface area contributed by atoms with Gasteiger partial charge in [-0.2, -0.15) is 0 Å². The van der Waals surface area contributed by atoms with E-state index < -0.39 is 12.1 Å². The molecular formula is C24H27N3O3. The average Bonchev–Trinajstić information content (AvgIpc) is 3.46. The van der Waals surface area contributed by atoms with Gasteiger partial charge < -0.3 is 15.1 Å². The molecule has 0 spiro atoms. The van der Waals surface area contributed by atoms with E-state index in [-0.39, 0.29) is 11.8 Å². The molecule has 2 heterocycles. The number of amides is 2. The van der Waals surface area contributed by atoms with Gasteiger partial charge in [-0.05, 0) is 30.9 Å². The van der Waals surface area contributed by atoms with Crippen molar-refractivity contribution in [3.8, 4) is 0 Å². The number of likely N-dealkylation sites (tertiary alicyclic amines) is 1. The van der Waals surface area contributed by atoms with Gasteiger partial charge in [-0.15, -0.1) is 0 Å². The molecule has 0 aromatic heterocycles. The Morgan fingerprint density at radius 1 is 1.10 bits per heavy atom. The van der Waals surface area contributed by atoms with Crippen LogP contribution in [0.1, 0.15) is 36.0 Å². The van der Waals surface area contributed by atoms with Crippen molar-refractivity contribution in [1.82, 2.24) is 10.2 Å². The van der Waals surface area contributed by atoms with E-state index in [9.17, 15) is 9.59 Å². The highest BCUT2D eigenvalue weighted by Crippen LogP contribution is 2.20. The summed E-state index contributed by atoms with van der Waals surface area (Å²) in [6, 6.07) is 17.1. The lowest BCUT2D eigenvalue weighted by Gasteiger charge is -2.25. The van der Waals surface area contributed by atoms with Crippen molar-refractivity contribution in [3.63, 3.8) is 0 Å². The van der Waals surface area contributed by atoms with Crippen LogP contribution < -0.4 is 5.32 Å². The van der Waals surface area contributed by atoms with Crippen molar-refractivity contribution in [3.05, 3.63) is 71.3 Å². The quantitative estimate of drug-likeness (QED) is 0.803. The number of nitrogens with zero attached hydrogens (tertiary/aromatic N) is 2. The number of aryl methyl sites for hydroxylation is 1. The fraction of sp³-hybridized carbons (Fsp3) is 0.375. The molecule has 2 aliphatic rings. The standard InChI is InChI=1S/C24H27N3O3/c1-17-9-5-6-12-19(17)20-16-22(30-26-20)23(28)25-21(15-18-10-3-2-4-11-18)24(29)27-13-7-8-14-27/h2-6,9-12,21-22H,7-8,13-16H2,1H3,(H,25,28)/t21-,22+/m1/s1. The second-order valence-electron chi connectivity index (χ2n) is 7.93. The van der Waals surface area contributed by atoms with Crippen molar-refractivity contribution in [2.75, 3.05) is 13.1 Å². The Morgan fingerprint density at radius 3 is 2.53 bits per heavy atom. The molecule has 6 nitrogen and oxygen atoms in total. The third-order valence-electron chi connectivity index (χ3n) is 5.73. The molecule has 6 heteroatoms. The van der Waals surface area contributed by atoms with Crippen molar-refractivity contribution in [1.29, 1.82) is 0 Å². The van der Waals surface area contributed by atoms with E-state index in [0.717, 1.165) is 48.3 Å². The molecular weight excluding hydrogens is 378 g/mol. The maximum Gasteiger partial charge on any atom is 0.265 e. The highest BCUT2D eigenvalue weighted by molar-refractivity contribution is 6.05. The zero-order valence-electron chi connectivity index (χ0n) is 17.2. The monoisotopic (exact) mass is 405 g/mol. The first-order valence-corrected chi connectivity index (χ1v) is 10.5. The van der Waals surface area contributed by atoms with Crippen molar-refractivity contribution in [2.24, 2.45) is 5.16 Å². The number of hydrogen-bond donors (Lipinski definition) is 1. The first-order chi connectivity index (χ1) is 14.6. The molecule has 0 saturated carbocycles. The molecule has 2 aliphatic heterocycles. The fourth-order valence-corrected chi connectivity index (χ4v) is 4.05. The molecule has 1 saturated heterocycles. The molecule has 1 fully saturated rings. The molecule has 0 unspecified atom stereocenters. The Hall–Kier alpha value is -3.15. The highest BCUT2D eigenvalue weighted by Gasteiger charge is 2.34. The molecule has 2 aromatic carbocycles. The molecule has 1 N–H and O–H groups in total. The Balaban J connectivity index is 1.44. The van der Waals surface area contributed by atoms with E-state index >= 15 is 0 Å². The molecule has 2 aromatic rings. The van der Waals surface area contributed by atoms with Crippen LogP contribution in [0.2, 0.25) is 0 Å². The predicted octanol–water partition coefficient (Wildman–Crippen LogP) is 2.84. The minimum atomic E-state index is -0.718. The Kier molecular flexibility index (Phi) is 6.12. The summed E-state index contributed by atoms with van der Waals surface area (Å²) in [5, 5.41) is 7.09. The summed E-state index contributed by atoms with van der Waals surface area (Å²) in [5.74, 6) is -0.321. The molecule has 0 radical (unpaired) electrons. The van der Waals surface area contributed by atoms with Gasteiger partial charge in [-0.1, -0.05) is 59.8 Å². The van der Waals surface area contributed by atoms with Crippen LogP contribution in [-0.2, 0) is 20.8 Å². The zero-order chi connectivity index (χ0) is 20.9. The van der Waals surface area contributed by atoms with Gasteiger partial charge in [0, 0.05) is 31.5 Å². The fourth-order valence-electron chi connectivity index (χ4n) is 4.05. The van der Waals surface area contributed by atoms with Gasteiger partial charge in [-0.3, -0.25) is 9.59 Å². The first kappa shape index (κ1) is 20.1. The lowest BCUT2D eigenvalue weighted by molar-refractivity contribution is -0.139. The van der Waals surface area contributed by atoms with E-state index in [1.54, 1.807) is 0 Å². The largest absolute Gasteiger partial charge is 0.382 e. The second-order valence-corrected chi connectivity index (χ2v) is 7.93. The third-order valence-corrected chi connectivity index (χ3v) is 5.73. The lowest BCUT2D eigenvalue weighted by atomic mass is 9.99. The third kappa shape index (κ3) is 4.53. The molecule has 2 amide bonds. The van der Waals surface area contributed by atoms with Gasteiger partial charge in [0.2, 0.25) is 12.0 Å². The number of rotatable bonds is 6. The van der Waals surface area contributed by atoms with E-state index in [1.165, 1.54) is 0 Å². The highest BCUT2D eigenvalue weighted by atomic mass is 16.6. The Labute approximate surface area is 176 Å². The summed E-state index contributed by atoms with van der Waals surface area (Å²) in [6.45, 7) is 3.51. The molecule has 156 valence electrons. The predicted molar refractivity (Wildman–Crippen MR) is 115 cm³/mol. The number of benzene rings is 2. The van der Waals surface area contributed by atoms with E-state index in [1.807, 2.05) is 66.4 Å². The van der Waals surface area contributed by atoms with Gasteiger partial charge >= 0.3 is 0 Å². The number of carbonyl (C=O) groups excluding carboxylic acids is 2. The maximum atomic E-state index is 13.1. The smallest absolute Gasteiger partial charge is 0.265 e. The van der Waals surface area contributed by atoms with Crippen LogP contribution in [0.25, 0.3) is 0 Å². The van der Waals surface area contributed by atoms with Crippen molar-refractivity contribution < 1.29 is 14.4 Å². The molecule has 2 atom stereocenters. The summed E-state index contributed by atoms with van der Waals surface area (Å²) in [7, 11) is 0. The van der Waals surface area contributed by atoms with Gasteiger partial charge in [0.05, 0.1) is 5.71 Å². The summed E-state index contributed by atoms with van der Waals surface area (Å²) in [4.78, 5) is 33.3. The minimum absolute atomic E-state index is 0.0252. The van der Waals surface area contributed by atoms with Crippen molar-refractivity contribution >= 4 is 17.5 Å². The van der Waals surface area contributed by atoms with E-state index in [2.05, 4.69) is 10.5 Å². The molecule has 0 aliphatic carbocycles. The van der Waals surface area contributed by atoms with Crippen LogP contribution in [0, 0.1) is 6.92 Å². The van der Waals surface area contributed by atoms with Gasteiger partial charge in [0.15, 0.2) is 0 Å². The van der Waals surface area contributed by atoms with Crippen LogP contribution in [-0.4, -0.2) is 47.7 Å². The summed E-state index contributed by atoms with van der Waals surface area (Å²) >= 11 is 0.